The molecule has 2 aromatic carbocycles. The highest BCUT2D eigenvalue weighted by Crippen LogP contribution is 2.53. The van der Waals surface area contributed by atoms with Crippen molar-refractivity contribution in [1.82, 2.24) is 20.2 Å². The van der Waals surface area contributed by atoms with Crippen LogP contribution in [0.25, 0.3) is 21.8 Å². The van der Waals surface area contributed by atoms with E-state index in [9.17, 15) is 4.79 Å². The summed E-state index contributed by atoms with van der Waals surface area (Å²) in [4.78, 5) is 24.3. The third kappa shape index (κ3) is 4.41. The number of fused-ring (bicyclic) bond motifs is 9. The van der Waals surface area contributed by atoms with Gasteiger partial charge in [-0.05, 0) is 86.1 Å². The molecule has 6 aliphatic rings. The lowest BCUT2D eigenvalue weighted by Gasteiger charge is -2.53. The number of hydrogen-bond donors (Lipinski definition) is 3. The Morgan fingerprint density at radius 1 is 1.00 bits per heavy atom. The van der Waals surface area contributed by atoms with Crippen molar-refractivity contribution in [2.75, 3.05) is 33.9 Å². The largest absolute Gasteiger partial charge is 0.496 e. The summed E-state index contributed by atoms with van der Waals surface area (Å²) in [5.74, 6) is 2.85. The molecule has 9 unspecified atom stereocenters. The van der Waals surface area contributed by atoms with Gasteiger partial charge in [0.05, 0.1) is 20.1 Å². The fraction of sp³-hybridized carbons (Fsp3) is 0.525. The number of piperidine rings is 3. The minimum atomic E-state index is -0.253. The second-order valence-electron chi connectivity index (χ2n) is 15.1. The highest BCUT2D eigenvalue weighted by molar-refractivity contribution is 5.89. The fourth-order valence-corrected chi connectivity index (χ4v) is 11.1. The minimum Gasteiger partial charge on any atom is -0.496 e. The van der Waals surface area contributed by atoms with Crippen molar-refractivity contribution in [2.24, 2.45) is 23.7 Å². The summed E-state index contributed by atoms with van der Waals surface area (Å²) in [5.41, 5.74) is 10.4. The number of H-pyrrole nitrogens is 2. The van der Waals surface area contributed by atoms with Gasteiger partial charge < -0.3 is 24.8 Å². The molecular formula is C40H48N4O3. The van der Waals surface area contributed by atoms with Crippen LogP contribution in [0.15, 0.2) is 48.0 Å². The van der Waals surface area contributed by atoms with Crippen LogP contribution in [-0.4, -0.2) is 66.8 Å². The number of rotatable bonds is 4. The van der Waals surface area contributed by atoms with E-state index in [1.807, 2.05) is 7.11 Å². The molecule has 2 aliphatic carbocycles. The lowest BCUT2D eigenvalue weighted by Crippen LogP contribution is -2.56. The summed E-state index contributed by atoms with van der Waals surface area (Å²) in [7, 11) is 3.36. The first kappa shape index (κ1) is 29.6. The molecule has 6 heterocycles. The highest BCUT2D eigenvalue weighted by atomic mass is 16.5. The number of methoxy groups -OCH3 is 2. The topological polar surface area (TPSA) is 82.4 Å². The molecule has 4 fully saturated rings. The normalized spacial score (nSPS) is 33.6. The molecule has 7 nitrogen and oxygen atoms in total. The molecule has 47 heavy (non-hydrogen) atoms. The number of nitrogens with one attached hydrogen (secondary N) is 3. The van der Waals surface area contributed by atoms with E-state index in [4.69, 9.17) is 9.47 Å². The number of carbonyl (C=O) groups excluding carboxylic acids is 1. The summed E-state index contributed by atoms with van der Waals surface area (Å²) in [6, 6.07) is 14.0. The summed E-state index contributed by atoms with van der Waals surface area (Å²) in [6.45, 7) is 7.72. The van der Waals surface area contributed by atoms with E-state index in [0.717, 1.165) is 55.5 Å². The molecule has 6 bridgehead atoms. The lowest BCUT2D eigenvalue weighted by atomic mass is 9.65. The van der Waals surface area contributed by atoms with Gasteiger partial charge in [0.1, 0.15) is 5.75 Å². The predicted molar refractivity (Wildman–Crippen MR) is 186 cm³/mol. The maximum absolute atomic E-state index is 13.6. The smallest absolute Gasteiger partial charge is 0.310 e. The van der Waals surface area contributed by atoms with Crippen molar-refractivity contribution < 1.29 is 14.3 Å². The maximum Gasteiger partial charge on any atom is 0.310 e. The number of aromatic amines is 2. The van der Waals surface area contributed by atoms with E-state index in [-0.39, 0.29) is 29.8 Å². The molecule has 3 N–H and O–H groups in total. The number of para-hydroxylation sites is 1. The molecule has 0 spiro atoms. The van der Waals surface area contributed by atoms with Crippen LogP contribution in [-0.2, 0) is 22.4 Å². The first-order valence-electron chi connectivity index (χ1n) is 18.0. The summed E-state index contributed by atoms with van der Waals surface area (Å²) < 4.78 is 11.8. The number of carbonyl (C=O) groups is 1. The Hall–Kier alpha value is -3.55. The van der Waals surface area contributed by atoms with Gasteiger partial charge >= 0.3 is 5.97 Å². The van der Waals surface area contributed by atoms with Gasteiger partial charge in [-0.15, -0.1) is 0 Å². The van der Waals surface area contributed by atoms with Gasteiger partial charge in [0, 0.05) is 82.3 Å². The zero-order valence-electron chi connectivity index (χ0n) is 28.2. The molecule has 1 saturated carbocycles. The van der Waals surface area contributed by atoms with Crippen LogP contribution in [0.1, 0.15) is 79.4 Å². The summed E-state index contributed by atoms with van der Waals surface area (Å²) in [5, 5.41) is 6.30. The van der Waals surface area contributed by atoms with E-state index in [1.165, 1.54) is 82.9 Å². The number of ether oxygens (including phenoxy) is 2. The lowest BCUT2D eigenvalue weighted by molar-refractivity contribution is -0.149. The quantitative estimate of drug-likeness (QED) is 0.170. The third-order valence-corrected chi connectivity index (χ3v) is 13.1. The number of benzene rings is 2. The molecule has 9 atom stereocenters. The monoisotopic (exact) mass is 632 g/mol. The number of aromatic nitrogens is 2. The van der Waals surface area contributed by atoms with Crippen LogP contribution in [0.4, 0.5) is 0 Å². The van der Waals surface area contributed by atoms with Gasteiger partial charge in [0.15, 0.2) is 0 Å². The van der Waals surface area contributed by atoms with Gasteiger partial charge in [-0.2, -0.15) is 0 Å². The third-order valence-electron chi connectivity index (χ3n) is 13.1. The van der Waals surface area contributed by atoms with Crippen molar-refractivity contribution in [1.29, 1.82) is 0 Å². The standard InChI is InChI=1S/C40H48N4O3/c1-5-22-13-21-14-31-37-25(11-12-44(20-21)39(22)31)27-18-35(46-3)28(16-33(27)43-37)29-15-26-23(6-2)19-41-34(36(26)40(45)47-4)17-30-24-9-7-8-10-32(24)42-38(29)30/h6-10,16,18,21-22,26,29,31,34,36,39,41-43H,5,11-15,17,19-20H2,1-4H3. The van der Waals surface area contributed by atoms with E-state index >= 15 is 0 Å². The Bertz CT molecular complexity index is 1900. The minimum absolute atomic E-state index is 0.0100. The van der Waals surface area contributed by atoms with E-state index in [1.54, 1.807) is 0 Å². The highest BCUT2D eigenvalue weighted by Gasteiger charge is 2.49. The summed E-state index contributed by atoms with van der Waals surface area (Å²) in [6.07, 6.45) is 8.85. The van der Waals surface area contributed by atoms with Crippen LogP contribution in [0.3, 0.4) is 0 Å². The molecule has 7 heteroatoms. The summed E-state index contributed by atoms with van der Waals surface area (Å²) >= 11 is 0. The Morgan fingerprint density at radius 2 is 1.85 bits per heavy atom. The average Bonchev–Trinajstić information content (AvgIpc) is 3.62. The predicted octanol–water partition coefficient (Wildman–Crippen LogP) is 6.82. The Labute approximate surface area is 277 Å². The van der Waals surface area contributed by atoms with E-state index in [0.29, 0.717) is 12.0 Å². The SMILES string of the molecule is CC=C1CNC2Cc3c([nH]c4ccccc34)C(c3cc4[nH]c5c(c4cc3OC)CCN3CC4CC(CC)C3C5C4)CC1C2C(=O)OC. The van der Waals surface area contributed by atoms with Crippen LogP contribution in [0, 0.1) is 23.7 Å². The Balaban J connectivity index is 1.23. The fourth-order valence-electron chi connectivity index (χ4n) is 11.1. The van der Waals surface area contributed by atoms with Crippen molar-refractivity contribution >= 4 is 27.8 Å². The van der Waals surface area contributed by atoms with Crippen molar-refractivity contribution in [2.45, 2.75) is 76.3 Å². The number of nitrogens with zero attached hydrogens (tertiary/aromatic N) is 1. The van der Waals surface area contributed by atoms with E-state index < -0.39 is 0 Å². The molecule has 3 saturated heterocycles. The van der Waals surface area contributed by atoms with Crippen molar-refractivity contribution in [3.05, 3.63) is 76.1 Å². The first-order valence-corrected chi connectivity index (χ1v) is 18.0. The van der Waals surface area contributed by atoms with Crippen LogP contribution in [0.5, 0.6) is 5.75 Å². The first-order chi connectivity index (χ1) is 23.0. The van der Waals surface area contributed by atoms with Crippen LogP contribution in [0.2, 0.25) is 0 Å². The molecule has 4 aromatic rings. The Morgan fingerprint density at radius 3 is 2.66 bits per heavy atom. The van der Waals surface area contributed by atoms with Crippen LogP contribution < -0.4 is 10.1 Å². The van der Waals surface area contributed by atoms with Crippen molar-refractivity contribution in [3.8, 4) is 5.75 Å². The van der Waals surface area contributed by atoms with Gasteiger partial charge in [-0.25, -0.2) is 0 Å². The number of hydrogen-bond acceptors (Lipinski definition) is 5. The van der Waals surface area contributed by atoms with Gasteiger partial charge in [-0.3, -0.25) is 9.69 Å². The maximum atomic E-state index is 13.6. The zero-order chi connectivity index (χ0) is 32.0. The van der Waals surface area contributed by atoms with Gasteiger partial charge in [0.25, 0.3) is 0 Å². The van der Waals surface area contributed by atoms with Gasteiger partial charge in [-0.1, -0.05) is 43.2 Å². The second-order valence-corrected chi connectivity index (χ2v) is 15.1. The van der Waals surface area contributed by atoms with Crippen LogP contribution >= 0.6 is 0 Å². The molecule has 2 aromatic heterocycles. The average molecular weight is 633 g/mol. The van der Waals surface area contributed by atoms with E-state index in [2.05, 4.69) is 76.5 Å². The zero-order valence-corrected chi connectivity index (χ0v) is 28.2. The molecular weight excluding hydrogens is 584 g/mol. The molecule has 0 amide bonds. The van der Waals surface area contributed by atoms with Gasteiger partial charge in [0.2, 0.25) is 0 Å². The number of allylic oxidation sites excluding steroid dienone is 1. The molecule has 0 radical (unpaired) electrons. The second kappa shape index (κ2) is 11.3. The molecule has 10 rings (SSSR count). The Kier molecular flexibility index (Phi) is 7.09. The number of esters is 1. The molecule has 246 valence electrons. The molecule has 4 aliphatic heterocycles. The van der Waals surface area contributed by atoms with Crippen molar-refractivity contribution in [3.63, 3.8) is 0 Å².